The number of H-pyrrole nitrogens is 1. The summed E-state index contributed by atoms with van der Waals surface area (Å²) in [5.41, 5.74) is 0.998. The van der Waals surface area contributed by atoms with Crippen molar-refractivity contribution in [3.05, 3.63) is 24.4 Å². The molecule has 56 valence electrons. The topological polar surface area (TPSA) is 54.7 Å². The summed E-state index contributed by atoms with van der Waals surface area (Å²) < 4.78 is 5.03. The largest absolute Gasteiger partial charge is 0.442 e. The highest BCUT2D eigenvalue weighted by Crippen LogP contribution is 2.11. The number of aryl methyl sites for hydroxylation is 1. The summed E-state index contributed by atoms with van der Waals surface area (Å²) in [6, 6.07) is 0. The summed E-state index contributed by atoms with van der Waals surface area (Å²) in [5.74, 6) is 1.20. The Kier molecular flexibility index (Phi) is 1.25. The van der Waals surface area contributed by atoms with Crippen LogP contribution in [0, 0.1) is 6.92 Å². The first kappa shape index (κ1) is 6.15. The lowest BCUT2D eigenvalue weighted by Gasteiger charge is -1.84. The molecule has 0 radical (unpaired) electrons. The van der Waals surface area contributed by atoms with Crippen LogP contribution in [0.1, 0.15) is 5.69 Å². The summed E-state index contributed by atoms with van der Waals surface area (Å²) in [6.45, 7) is 1.93. The Hall–Kier alpha value is -1.58. The third kappa shape index (κ3) is 1.02. The second-order valence-corrected chi connectivity index (χ2v) is 2.25. The van der Waals surface area contributed by atoms with Crippen molar-refractivity contribution < 1.29 is 4.42 Å². The van der Waals surface area contributed by atoms with Crippen LogP contribution in [0.25, 0.3) is 11.7 Å². The fourth-order valence-corrected chi connectivity index (χ4v) is 0.862. The molecule has 4 heteroatoms. The lowest BCUT2D eigenvalue weighted by atomic mass is 10.6. The van der Waals surface area contributed by atoms with Gasteiger partial charge in [-0.2, -0.15) is 0 Å². The zero-order valence-electron chi connectivity index (χ0n) is 6.03. The van der Waals surface area contributed by atoms with E-state index in [4.69, 9.17) is 4.42 Å². The van der Waals surface area contributed by atoms with Gasteiger partial charge in [0.25, 0.3) is 5.89 Å². The van der Waals surface area contributed by atoms with Gasteiger partial charge >= 0.3 is 0 Å². The summed E-state index contributed by atoms with van der Waals surface area (Å²) in [7, 11) is 0. The summed E-state index contributed by atoms with van der Waals surface area (Å²) in [4.78, 5) is 11.0. The van der Waals surface area contributed by atoms with Crippen LogP contribution in [-0.2, 0) is 0 Å². The van der Waals surface area contributed by atoms with E-state index in [1.807, 2.05) is 6.92 Å². The van der Waals surface area contributed by atoms with Crippen LogP contribution in [0.15, 0.2) is 23.1 Å². The molecule has 4 nitrogen and oxygen atoms in total. The molecule has 0 atom stereocenters. The maximum atomic E-state index is 5.03. The van der Waals surface area contributed by atoms with Crippen molar-refractivity contribution in [2.24, 2.45) is 0 Å². The number of imidazole rings is 1. The molecule has 0 saturated heterocycles. The SMILES string of the molecule is Cc1cnc(-c2ncco2)[nH]1. The highest BCUT2D eigenvalue weighted by atomic mass is 16.3. The zero-order chi connectivity index (χ0) is 7.68. The quantitative estimate of drug-likeness (QED) is 0.666. The second-order valence-electron chi connectivity index (χ2n) is 2.25. The van der Waals surface area contributed by atoms with Gasteiger partial charge in [0, 0.05) is 11.9 Å². The van der Waals surface area contributed by atoms with Crippen molar-refractivity contribution in [3.8, 4) is 11.7 Å². The van der Waals surface area contributed by atoms with E-state index in [-0.39, 0.29) is 0 Å². The molecule has 0 aromatic carbocycles. The Balaban J connectivity index is 2.45. The van der Waals surface area contributed by atoms with Gasteiger partial charge in [-0.25, -0.2) is 9.97 Å². The third-order valence-electron chi connectivity index (χ3n) is 1.34. The molecule has 2 aromatic heterocycles. The number of aromatic amines is 1. The Morgan fingerprint density at radius 3 is 2.91 bits per heavy atom. The summed E-state index contributed by atoms with van der Waals surface area (Å²) in [6.07, 6.45) is 4.85. The first-order valence-electron chi connectivity index (χ1n) is 3.28. The molecular formula is C7H7N3O. The molecule has 0 fully saturated rings. The third-order valence-corrected chi connectivity index (χ3v) is 1.34. The van der Waals surface area contributed by atoms with Gasteiger partial charge < -0.3 is 9.40 Å². The van der Waals surface area contributed by atoms with Gasteiger partial charge in [0.2, 0.25) is 0 Å². The van der Waals surface area contributed by atoms with E-state index in [0.717, 1.165) is 5.69 Å². The molecule has 0 spiro atoms. The maximum absolute atomic E-state index is 5.03. The molecule has 2 rings (SSSR count). The van der Waals surface area contributed by atoms with Crippen LogP contribution in [0.5, 0.6) is 0 Å². The van der Waals surface area contributed by atoms with Crippen LogP contribution in [0.2, 0.25) is 0 Å². The van der Waals surface area contributed by atoms with E-state index in [0.29, 0.717) is 11.7 Å². The van der Waals surface area contributed by atoms with Gasteiger partial charge in [-0.3, -0.25) is 0 Å². The van der Waals surface area contributed by atoms with E-state index >= 15 is 0 Å². The smallest absolute Gasteiger partial charge is 0.262 e. The van der Waals surface area contributed by atoms with Crippen molar-refractivity contribution in [2.75, 3.05) is 0 Å². The number of hydrogen-bond acceptors (Lipinski definition) is 3. The van der Waals surface area contributed by atoms with E-state index in [1.165, 1.54) is 6.26 Å². The van der Waals surface area contributed by atoms with E-state index in [2.05, 4.69) is 15.0 Å². The molecule has 0 unspecified atom stereocenters. The molecule has 0 saturated carbocycles. The van der Waals surface area contributed by atoms with Crippen molar-refractivity contribution >= 4 is 0 Å². The Bertz CT molecular complexity index is 336. The van der Waals surface area contributed by atoms with E-state index in [1.54, 1.807) is 12.4 Å². The Morgan fingerprint density at radius 1 is 1.45 bits per heavy atom. The lowest BCUT2D eigenvalue weighted by Crippen LogP contribution is -1.78. The minimum absolute atomic E-state index is 0.526. The van der Waals surface area contributed by atoms with Crippen molar-refractivity contribution in [3.63, 3.8) is 0 Å². The average molecular weight is 149 g/mol. The van der Waals surface area contributed by atoms with E-state index < -0.39 is 0 Å². The normalized spacial score (nSPS) is 10.3. The second kappa shape index (κ2) is 2.23. The molecule has 0 amide bonds. The fraction of sp³-hybridized carbons (Fsp3) is 0.143. The summed E-state index contributed by atoms with van der Waals surface area (Å²) in [5, 5.41) is 0. The zero-order valence-corrected chi connectivity index (χ0v) is 6.03. The number of hydrogen-bond donors (Lipinski definition) is 1. The van der Waals surface area contributed by atoms with Gasteiger partial charge in [0.1, 0.15) is 6.26 Å². The van der Waals surface area contributed by atoms with Crippen LogP contribution >= 0.6 is 0 Å². The van der Waals surface area contributed by atoms with Crippen LogP contribution in [0.3, 0.4) is 0 Å². The molecule has 0 aliphatic heterocycles. The van der Waals surface area contributed by atoms with Crippen molar-refractivity contribution in [1.29, 1.82) is 0 Å². The van der Waals surface area contributed by atoms with Gasteiger partial charge in [-0.05, 0) is 6.92 Å². The highest BCUT2D eigenvalue weighted by molar-refractivity contribution is 5.39. The maximum Gasteiger partial charge on any atom is 0.262 e. The standard InChI is InChI=1S/C7H7N3O/c1-5-4-9-6(10-5)7-8-2-3-11-7/h2-4H,1H3,(H,9,10). The van der Waals surface area contributed by atoms with Gasteiger partial charge in [-0.15, -0.1) is 0 Å². The molecular weight excluding hydrogens is 142 g/mol. The molecule has 2 heterocycles. The van der Waals surface area contributed by atoms with Crippen LogP contribution < -0.4 is 0 Å². The number of rotatable bonds is 1. The molecule has 0 bridgehead atoms. The molecule has 1 N–H and O–H groups in total. The molecule has 2 aromatic rings. The average Bonchev–Trinajstić information content (AvgIpc) is 2.55. The lowest BCUT2D eigenvalue weighted by molar-refractivity contribution is 0.570. The summed E-state index contributed by atoms with van der Waals surface area (Å²) >= 11 is 0. The molecule has 0 aliphatic carbocycles. The van der Waals surface area contributed by atoms with Gasteiger partial charge in [-0.1, -0.05) is 0 Å². The number of aromatic nitrogens is 3. The van der Waals surface area contributed by atoms with Crippen molar-refractivity contribution in [1.82, 2.24) is 15.0 Å². The predicted octanol–water partition coefficient (Wildman–Crippen LogP) is 1.37. The van der Waals surface area contributed by atoms with Crippen molar-refractivity contribution in [2.45, 2.75) is 6.92 Å². The monoisotopic (exact) mass is 149 g/mol. The van der Waals surface area contributed by atoms with Gasteiger partial charge in [0.05, 0.1) is 6.20 Å². The van der Waals surface area contributed by atoms with E-state index in [9.17, 15) is 0 Å². The fourth-order valence-electron chi connectivity index (χ4n) is 0.862. The highest BCUT2D eigenvalue weighted by Gasteiger charge is 2.04. The van der Waals surface area contributed by atoms with Crippen LogP contribution in [-0.4, -0.2) is 15.0 Å². The minimum Gasteiger partial charge on any atom is -0.442 e. The first-order valence-corrected chi connectivity index (χ1v) is 3.28. The number of nitrogens with zero attached hydrogens (tertiary/aromatic N) is 2. The number of nitrogens with one attached hydrogen (secondary N) is 1. The molecule has 11 heavy (non-hydrogen) atoms. The first-order chi connectivity index (χ1) is 5.36. The number of oxazole rings is 1. The predicted molar refractivity (Wildman–Crippen MR) is 38.8 cm³/mol. The Labute approximate surface area is 63.3 Å². The van der Waals surface area contributed by atoms with Crippen LogP contribution in [0.4, 0.5) is 0 Å². The van der Waals surface area contributed by atoms with Gasteiger partial charge in [0.15, 0.2) is 5.82 Å². The Morgan fingerprint density at radius 2 is 2.36 bits per heavy atom. The minimum atomic E-state index is 0.526. The molecule has 0 aliphatic rings.